The molecule has 0 bridgehead atoms. The van der Waals surface area contributed by atoms with E-state index in [0.717, 1.165) is 20.9 Å². The monoisotopic (exact) mass is 260 g/mol. The van der Waals surface area contributed by atoms with Gasteiger partial charge in [0.25, 0.3) is 5.91 Å². The first kappa shape index (κ1) is 12.8. The summed E-state index contributed by atoms with van der Waals surface area (Å²) in [4.78, 5) is 13.8. The number of aryl methyl sites for hydroxylation is 1. The lowest BCUT2D eigenvalue weighted by Gasteiger charge is -2.08. The molecule has 0 saturated carbocycles. The molecule has 0 radical (unpaired) electrons. The quantitative estimate of drug-likeness (QED) is 0.887. The first-order valence-corrected chi connectivity index (χ1v) is 6.64. The number of thiophene rings is 1. The Morgan fingerprint density at radius 3 is 2.56 bits per heavy atom. The molecule has 1 heterocycles. The van der Waals surface area contributed by atoms with E-state index in [-0.39, 0.29) is 5.91 Å². The van der Waals surface area contributed by atoms with Crippen LogP contribution in [-0.4, -0.2) is 5.91 Å². The Morgan fingerprint density at radius 1 is 1.22 bits per heavy atom. The lowest BCUT2D eigenvalue weighted by Crippen LogP contribution is -2.22. The third-order valence-corrected chi connectivity index (χ3v) is 3.74. The van der Waals surface area contributed by atoms with Gasteiger partial charge in [-0.15, -0.1) is 11.3 Å². The molecule has 0 atom stereocenters. The number of nitrogens with one attached hydrogen (secondary N) is 1. The largest absolute Gasteiger partial charge is 0.347 e. The Morgan fingerprint density at radius 2 is 1.94 bits per heavy atom. The van der Waals surface area contributed by atoms with Gasteiger partial charge in [-0.1, -0.05) is 24.3 Å². The number of hydrogen-bond donors (Lipinski definition) is 2. The highest BCUT2D eigenvalue weighted by atomic mass is 32.1. The van der Waals surface area contributed by atoms with Gasteiger partial charge < -0.3 is 11.1 Å². The van der Waals surface area contributed by atoms with Crippen LogP contribution in [-0.2, 0) is 13.1 Å². The summed E-state index contributed by atoms with van der Waals surface area (Å²) in [6.07, 6.45) is 0. The zero-order valence-electron chi connectivity index (χ0n) is 10.3. The number of rotatable bonds is 4. The van der Waals surface area contributed by atoms with Crippen LogP contribution in [0.2, 0.25) is 0 Å². The second kappa shape index (κ2) is 5.80. The minimum atomic E-state index is -0.0278. The molecule has 1 aromatic heterocycles. The van der Waals surface area contributed by atoms with Gasteiger partial charge in [-0.3, -0.25) is 4.79 Å². The van der Waals surface area contributed by atoms with E-state index >= 15 is 0 Å². The molecule has 1 aromatic carbocycles. The number of nitrogens with two attached hydrogens (primary N) is 1. The SMILES string of the molecule is Cc1ccc(C(=O)NCc2ccccc2CN)s1. The minimum Gasteiger partial charge on any atom is -0.347 e. The van der Waals surface area contributed by atoms with Gasteiger partial charge in [0.05, 0.1) is 4.88 Å². The van der Waals surface area contributed by atoms with Crippen molar-refractivity contribution in [3.05, 3.63) is 57.3 Å². The molecule has 2 rings (SSSR count). The molecule has 0 aliphatic rings. The molecule has 0 aliphatic heterocycles. The summed E-state index contributed by atoms with van der Waals surface area (Å²) in [5.74, 6) is -0.0278. The Hall–Kier alpha value is -1.65. The molecule has 0 unspecified atom stereocenters. The molecule has 94 valence electrons. The third kappa shape index (κ3) is 2.97. The van der Waals surface area contributed by atoms with Gasteiger partial charge in [0, 0.05) is 18.0 Å². The smallest absolute Gasteiger partial charge is 0.261 e. The van der Waals surface area contributed by atoms with Crippen molar-refractivity contribution in [2.24, 2.45) is 5.73 Å². The lowest BCUT2D eigenvalue weighted by molar-refractivity contribution is 0.0955. The van der Waals surface area contributed by atoms with E-state index in [4.69, 9.17) is 5.73 Å². The molecule has 3 nitrogen and oxygen atoms in total. The van der Waals surface area contributed by atoms with Gasteiger partial charge in [0.1, 0.15) is 0 Å². The molecule has 2 aromatic rings. The van der Waals surface area contributed by atoms with Gasteiger partial charge in [-0.05, 0) is 30.2 Å². The van der Waals surface area contributed by atoms with Crippen LogP contribution in [0.3, 0.4) is 0 Å². The molecule has 0 saturated heterocycles. The van der Waals surface area contributed by atoms with E-state index in [9.17, 15) is 4.79 Å². The van der Waals surface area contributed by atoms with Crippen LogP contribution in [0.5, 0.6) is 0 Å². The number of carbonyl (C=O) groups excluding carboxylic acids is 1. The maximum absolute atomic E-state index is 11.9. The molecule has 0 fully saturated rings. The zero-order chi connectivity index (χ0) is 13.0. The van der Waals surface area contributed by atoms with Crippen molar-refractivity contribution in [1.82, 2.24) is 5.32 Å². The molecule has 0 aliphatic carbocycles. The van der Waals surface area contributed by atoms with Crippen molar-refractivity contribution in [2.45, 2.75) is 20.0 Å². The standard InChI is InChI=1S/C14H16N2OS/c1-10-6-7-13(18-10)14(17)16-9-12-5-3-2-4-11(12)8-15/h2-7H,8-9,15H2,1H3,(H,16,17). The molecular weight excluding hydrogens is 244 g/mol. The molecule has 4 heteroatoms. The zero-order valence-corrected chi connectivity index (χ0v) is 11.1. The Kier molecular flexibility index (Phi) is 4.12. The van der Waals surface area contributed by atoms with Crippen LogP contribution in [0.4, 0.5) is 0 Å². The first-order chi connectivity index (χ1) is 8.70. The summed E-state index contributed by atoms with van der Waals surface area (Å²) in [5.41, 5.74) is 7.80. The van der Waals surface area contributed by atoms with E-state index in [1.54, 1.807) is 0 Å². The van der Waals surface area contributed by atoms with E-state index < -0.39 is 0 Å². The third-order valence-electron chi connectivity index (χ3n) is 2.74. The normalized spacial score (nSPS) is 10.3. The summed E-state index contributed by atoms with van der Waals surface area (Å²) < 4.78 is 0. The molecule has 1 amide bonds. The summed E-state index contributed by atoms with van der Waals surface area (Å²) in [5, 5.41) is 2.92. The van der Waals surface area contributed by atoms with Crippen LogP contribution in [0.1, 0.15) is 25.7 Å². The van der Waals surface area contributed by atoms with Crippen molar-refractivity contribution in [1.29, 1.82) is 0 Å². The van der Waals surface area contributed by atoms with Crippen LogP contribution < -0.4 is 11.1 Å². The summed E-state index contributed by atoms with van der Waals surface area (Å²) in [7, 11) is 0. The summed E-state index contributed by atoms with van der Waals surface area (Å²) in [6, 6.07) is 11.7. The number of amides is 1. The van der Waals surface area contributed by atoms with Crippen molar-refractivity contribution in [3.8, 4) is 0 Å². The molecule has 18 heavy (non-hydrogen) atoms. The number of benzene rings is 1. The Bertz CT molecular complexity index is 548. The Labute approximate surface area is 111 Å². The minimum absolute atomic E-state index is 0.0278. The predicted molar refractivity (Wildman–Crippen MR) is 74.6 cm³/mol. The van der Waals surface area contributed by atoms with E-state index in [2.05, 4.69) is 5.32 Å². The highest BCUT2D eigenvalue weighted by Gasteiger charge is 2.08. The van der Waals surface area contributed by atoms with E-state index in [1.165, 1.54) is 11.3 Å². The van der Waals surface area contributed by atoms with Crippen molar-refractivity contribution in [2.75, 3.05) is 0 Å². The van der Waals surface area contributed by atoms with E-state index in [0.29, 0.717) is 13.1 Å². The van der Waals surface area contributed by atoms with Gasteiger partial charge in [-0.2, -0.15) is 0 Å². The predicted octanol–water partition coefficient (Wildman–Crippen LogP) is 2.45. The lowest BCUT2D eigenvalue weighted by atomic mass is 10.1. The van der Waals surface area contributed by atoms with Crippen molar-refractivity contribution < 1.29 is 4.79 Å². The van der Waals surface area contributed by atoms with Crippen molar-refractivity contribution in [3.63, 3.8) is 0 Å². The second-order valence-corrected chi connectivity index (χ2v) is 5.35. The molecular formula is C14H16N2OS. The number of carbonyl (C=O) groups is 1. The van der Waals surface area contributed by atoms with Gasteiger partial charge in [-0.25, -0.2) is 0 Å². The van der Waals surface area contributed by atoms with Crippen molar-refractivity contribution >= 4 is 17.2 Å². The fourth-order valence-electron chi connectivity index (χ4n) is 1.75. The fraction of sp³-hybridized carbons (Fsp3) is 0.214. The van der Waals surface area contributed by atoms with Gasteiger partial charge >= 0.3 is 0 Å². The average molecular weight is 260 g/mol. The maximum atomic E-state index is 11.9. The van der Waals surface area contributed by atoms with Crippen LogP contribution in [0, 0.1) is 6.92 Å². The highest BCUT2D eigenvalue weighted by molar-refractivity contribution is 7.13. The maximum Gasteiger partial charge on any atom is 0.261 e. The Balaban J connectivity index is 2.01. The molecule has 0 spiro atoms. The van der Waals surface area contributed by atoms with Gasteiger partial charge in [0.15, 0.2) is 0 Å². The summed E-state index contributed by atoms with van der Waals surface area (Å²) in [6.45, 7) is 3.00. The fourth-order valence-corrected chi connectivity index (χ4v) is 2.53. The van der Waals surface area contributed by atoms with Crippen LogP contribution in [0.25, 0.3) is 0 Å². The van der Waals surface area contributed by atoms with E-state index in [1.807, 2.05) is 43.3 Å². The topological polar surface area (TPSA) is 55.1 Å². The highest BCUT2D eigenvalue weighted by Crippen LogP contribution is 2.15. The average Bonchev–Trinajstić information content (AvgIpc) is 2.83. The first-order valence-electron chi connectivity index (χ1n) is 5.82. The van der Waals surface area contributed by atoms with Crippen LogP contribution in [0.15, 0.2) is 36.4 Å². The van der Waals surface area contributed by atoms with Gasteiger partial charge in [0.2, 0.25) is 0 Å². The molecule has 3 N–H and O–H groups in total. The second-order valence-electron chi connectivity index (χ2n) is 4.07. The number of hydrogen-bond acceptors (Lipinski definition) is 3. The van der Waals surface area contributed by atoms with Crippen LogP contribution >= 0.6 is 11.3 Å². The summed E-state index contributed by atoms with van der Waals surface area (Å²) >= 11 is 1.50.